The van der Waals surface area contributed by atoms with E-state index in [1.165, 1.54) is 24.1 Å². The van der Waals surface area contributed by atoms with Gasteiger partial charge in [0.15, 0.2) is 0 Å². The number of rotatable bonds is 12. The van der Waals surface area contributed by atoms with Crippen molar-refractivity contribution < 1.29 is 22.7 Å². The first-order valence-electron chi connectivity index (χ1n) is 14.8. The molecule has 11 heteroatoms. The molecule has 0 radical (unpaired) electrons. The maximum absolute atomic E-state index is 14.3. The molecule has 8 nitrogen and oxygen atoms in total. The molecule has 1 N–H and O–H groups in total. The molecule has 1 saturated carbocycles. The molecule has 3 aromatic carbocycles. The van der Waals surface area contributed by atoms with Gasteiger partial charge in [-0.05, 0) is 68.1 Å². The number of ether oxygens (including phenoxy) is 1. The quantitative estimate of drug-likeness (QED) is 0.232. The van der Waals surface area contributed by atoms with Crippen molar-refractivity contribution in [1.82, 2.24) is 10.2 Å². The molecule has 1 atom stereocenters. The Bertz CT molecular complexity index is 1560. The number of halogens is 2. The number of methoxy groups -OCH3 is 1. The van der Waals surface area contributed by atoms with E-state index >= 15 is 0 Å². The van der Waals surface area contributed by atoms with Crippen molar-refractivity contribution >= 4 is 50.7 Å². The van der Waals surface area contributed by atoms with Crippen molar-refractivity contribution in [1.29, 1.82) is 0 Å². The van der Waals surface area contributed by atoms with Crippen LogP contribution in [-0.2, 0) is 26.2 Å². The maximum atomic E-state index is 14.3. The van der Waals surface area contributed by atoms with Gasteiger partial charge in [0.1, 0.15) is 18.3 Å². The first-order chi connectivity index (χ1) is 21.0. The van der Waals surface area contributed by atoms with Gasteiger partial charge in [0.05, 0.1) is 17.7 Å². The molecule has 0 spiro atoms. The van der Waals surface area contributed by atoms with Crippen LogP contribution in [0.5, 0.6) is 5.75 Å². The fourth-order valence-corrected chi connectivity index (χ4v) is 7.30. The smallest absolute Gasteiger partial charge is 0.264 e. The minimum Gasteiger partial charge on any atom is -0.497 e. The highest BCUT2D eigenvalue weighted by atomic mass is 35.5. The third-order valence-electron chi connectivity index (χ3n) is 7.92. The van der Waals surface area contributed by atoms with Crippen LogP contribution in [0, 0.1) is 6.92 Å². The molecule has 4 rings (SSSR count). The van der Waals surface area contributed by atoms with Crippen molar-refractivity contribution in [2.75, 3.05) is 18.0 Å². The van der Waals surface area contributed by atoms with E-state index < -0.39 is 28.5 Å². The van der Waals surface area contributed by atoms with Gasteiger partial charge in [0.2, 0.25) is 11.8 Å². The van der Waals surface area contributed by atoms with E-state index in [4.69, 9.17) is 27.9 Å². The summed E-state index contributed by atoms with van der Waals surface area (Å²) in [6.07, 6.45) is 5.31. The van der Waals surface area contributed by atoms with Crippen molar-refractivity contribution in [3.8, 4) is 5.75 Å². The Morgan fingerprint density at radius 2 is 1.70 bits per heavy atom. The van der Waals surface area contributed by atoms with Crippen molar-refractivity contribution in [3.63, 3.8) is 0 Å². The average molecular weight is 661 g/mol. The van der Waals surface area contributed by atoms with Crippen LogP contribution < -0.4 is 14.4 Å². The highest BCUT2D eigenvalue weighted by Gasteiger charge is 2.35. The number of carbonyl (C=O) groups excluding carboxylic acids is 2. The molecule has 1 aliphatic rings. The predicted molar refractivity (Wildman–Crippen MR) is 175 cm³/mol. The van der Waals surface area contributed by atoms with Gasteiger partial charge >= 0.3 is 0 Å². The van der Waals surface area contributed by atoms with Crippen molar-refractivity contribution in [3.05, 3.63) is 87.9 Å². The standard InChI is InChI=1S/C33H39Cl2N3O5S/c1-4-31(33(40)36-26-9-6-5-7-10-26)37(21-24-15-16-25(34)19-30(24)35)32(39)22-38(27-11-8-12-28(20-27)43-3)44(41,42)29-17-13-23(2)14-18-29/h8,11-20,26,31H,4-7,9-10,21-22H2,1-3H3,(H,36,40)/t31-/m0/s1. The summed E-state index contributed by atoms with van der Waals surface area (Å²) in [6.45, 7) is 3.13. The summed E-state index contributed by atoms with van der Waals surface area (Å²) in [4.78, 5) is 29.5. The zero-order chi connectivity index (χ0) is 31.9. The molecule has 1 fully saturated rings. The van der Waals surface area contributed by atoms with Crippen LogP contribution in [0.25, 0.3) is 0 Å². The summed E-state index contributed by atoms with van der Waals surface area (Å²) in [6, 6.07) is 17.1. The van der Waals surface area contributed by atoms with Gasteiger partial charge in [0, 0.05) is 28.7 Å². The predicted octanol–water partition coefficient (Wildman–Crippen LogP) is 6.76. The Morgan fingerprint density at radius 1 is 1.00 bits per heavy atom. The van der Waals surface area contributed by atoms with Crippen LogP contribution in [-0.4, -0.2) is 50.9 Å². The van der Waals surface area contributed by atoms with Crippen LogP contribution in [0.4, 0.5) is 5.69 Å². The number of anilines is 1. The van der Waals surface area contributed by atoms with Gasteiger partial charge in [-0.3, -0.25) is 13.9 Å². The van der Waals surface area contributed by atoms with Gasteiger partial charge in [0.25, 0.3) is 10.0 Å². The highest BCUT2D eigenvalue weighted by molar-refractivity contribution is 7.92. The molecule has 0 bridgehead atoms. The lowest BCUT2D eigenvalue weighted by molar-refractivity contribution is -0.140. The SMILES string of the molecule is CC[C@@H](C(=O)NC1CCCCC1)N(Cc1ccc(Cl)cc1Cl)C(=O)CN(c1cccc(OC)c1)S(=O)(=O)c1ccc(C)cc1. The van der Waals surface area contributed by atoms with Crippen LogP contribution in [0.3, 0.4) is 0 Å². The summed E-state index contributed by atoms with van der Waals surface area (Å²) >= 11 is 12.7. The Balaban J connectivity index is 1.74. The number of benzene rings is 3. The first-order valence-corrected chi connectivity index (χ1v) is 17.0. The summed E-state index contributed by atoms with van der Waals surface area (Å²) in [5.41, 5.74) is 1.74. The average Bonchev–Trinajstić information content (AvgIpc) is 3.01. The number of sulfonamides is 1. The second-order valence-electron chi connectivity index (χ2n) is 11.1. The minimum atomic E-state index is -4.20. The molecule has 0 unspecified atom stereocenters. The van der Waals surface area contributed by atoms with E-state index in [1.807, 2.05) is 13.8 Å². The molecule has 3 aromatic rings. The van der Waals surface area contributed by atoms with Crippen LogP contribution in [0.2, 0.25) is 10.0 Å². The fraction of sp³-hybridized carbons (Fsp3) is 0.394. The summed E-state index contributed by atoms with van der Waals surface area (Å²) < 4.78 is 34.6. The molecule has 1 aliphatic carbocycles. The van der Waals surface area contributed by atoms with E-state index in [0.29, 0.717) is 27.8 Å². The summed E-state index contributed by atoms with van der Waals surface area (Å²) in [5.74, 6) is -0.394. The van der Waals surface area contributed by atoms with Gasteiger partial charge in [-0.15, -0.1) is 0 Å². The fourth-order valence-electron chi connectivity index (χ4n) is 5.43. The Labute approximate surface area is 270 Å². The monoisotopic (exact) mass is 659 g/mol. The molecular weight excluding hydrogens is 621 g/mol. The lowest BCUT2D eigenvalue weighted by Gasteiger charge is -2.34. The number of carbonyl (C=O) groups is 2. The van der Waals surface area contributed by atoms with E-state index in [2.05, 4.69) is 5.32 Å². The first kappa shape index (κ1) is 33.6. The Morgan fingerprint density at radius 3 is 2.34 bits per heavy atom. The number of nitrogens with one attached hydrogen (secondary N) is 1. The summed E-state index contributed by atoms with van der Waals surface area (Å²) in [5, 5.41) is 3.92. The van der Waals surface area contributed by atoms with Crippen LogP contribution >= 0.6 is 23.2 Å². The minimum absolute atomic E-state index is 0.0119. The maximum Gasteiger partial charge on any atom is 0.264 e. The van der Waals surface area contributed by atoms with Crippen molar-refractivity contribution in [2.24, 2.45) is 0 Å². The molecule has 0 saturated heterocycles. The van der Waals surface area contributed by atoms with E-state index in [1.54, 1.807) is 54.6 Å². The Hall–Kier alpha value is -3.27. The topological polar surface area (TPSA) is 96.0 Å². The zero-order valence-electron chi connectivity index (χ0n) is 25.3. The van der Waals surface area contributed by atoms with E-state index in [0.717, 1.165) is 42.0 Å². The lowest BCUT2D eigenvalue weighted by Crippen LogP contribution is -2.54. The van der Waals surface area contributed by atoms with Gasteiger partial charge < -0.3 is 15.0 Å². The second kappa shape index (κ2) is 15.1. The van der Waals surface area contributed by atoms with Crippen LogP contribution in [0.1, 0.15) is 56.6 Å². The van der Waals surface area contributed by atoms with E-state index in [-0.39, 0.29) is 29.1 Å². The van der Waals surface area contributed by atoms with Crippen molar-refractivity contribution in [2.45, 2.75) is 75.9 Å². The normalized spacial score (nSPS) is 14.5. The third kappa shape index (κ3) is 8.25. The molecular formula is C33H39Cl2N3O5S. The van der Waals surface area contributed by atoms with E-state index in [9.17, 15) is 18.0 Å². The molecule has 236 valence electrons. The number of nitrogens with zero attached hydrogens (tertiary/aromatic N) is 2. The van der Waals surface area contributed by atoms with Crippen LogP contribution in [0.15, 0.2) is 71.6 Å². The Kier molecular flexibility index (Phi) is 11.6. The van der Waals surface area contributed by atoms with Gasteiger partial charge in [-0.2, -0.15) is 0 Å². The number of hydrogen-bond donors (Lipinski definition) is 1. The molecule has 44 heavy (non-hydrogen) atoms. The second-order valence-corrected chi connectivity index (χ2v) is 13.8. The largest absolute Gasteiger partial charge is 0.497 e. The molecule has 2 amide bonds. The molecule has 0 aliphatic heterocycles. The highest BCUT2D eigenvalue weighted by Crippen LogP contribution is 2.29. The number of aryl methyl sites for hydroxylation is 1. The number of hydrogen-bond acceptors (Lipinski definition) is 5. The van der Waals surface area contributed by atoms with Gasteiger partial charge in [-0.1, -0.05) is 79.2 Å². The lowest BCUT2D eigenvalue weighted by atomic mass is 9.95. The molecule has 0 aromatic heterocycles. The zero-order valence-corrected chi connectivity index (χ0v) is 27.6. The number of amides is 2. The van der Waals surface area contributed by atoms with Gasteiger partial charge in [-0.25, -0.2) is 8.42 Å². The third-order valence-corrected chi connectivity index (χ3v) is 10.3. The summed E-state index contributed by atoms with van der Waals surface area (Å²) in [7, 11) is -2.72. The molecule has 0 heterocycles.